The summed E-state index contributed by atoms with van der Waals surface area (Å²) in [6.45, 7) is 3.65. The first-order valence-corrected chi connectivity index (χ1v) is 7.18. The molecule has 3 rings (SSSR count). The van der Waals surface area contributed by atoms with Crippen molar-refractivity contribution >= 4 is 11.6 Å². The molecule has 1 aromatic heterocycles. The maximum atomic E-state index is 12.3. The van der Waals surface area contributed by atoms with Crippen molar-refractivity contribution in [2.45, 2.75) is 25.9 Å². The Balaban J connectivity index is 1.67. The molecule has 2 unspecified atom stereocenters. The third kappa shape index (κ3) is 3.28. The van der Waals surface area contributed by atoms with Crippen LogP contribution in [-0.2, 0) is 11.3 Å². The van der Waals surface area contributed by atoms with Crippen molar-refractivity contribution in [3.8, 4) is 0 Å². The van der Waals surface area contributed by atoms with Crippen molar-refractivity contribution < 1.29 is 4.79 Å². The van der Waals surface area contributed by atoms with E-state index in [0.29, 0.717) is 12.5 Å². The standard InChI is InChI=1S/C15H19N5O/c1-11-5-6-17-14(11)15(21)19-13-4-2-3-12(7-13)8-20-10-16-9-18-20/h2-4,7,9-11,14,17H,5-6,8H2,1H3,(H,19,21). The summed E-state index contributed by atoms with van der Waals surface area (Å²) in [6, 6.07) is 7.73. The van der Waals surface area contributed by atoms with Gasteiger partial charge in [0.15, 0.2) is 0 Å². The van der Waals surface area contributed by atoms with E-state index in [2.05, 4.69) is 27.6 Å². The van der Waals surface area contributed by atoms with Gasteiger partial charge in [-0.05, 0) is 36.6 Å². The van der Waals surface area contributed by atoms with Gasteiger partial charge in [0.25, 0.3) is 0 Å². The smallest absolute Gasteiger partial charge is 0.241 e. The molecule has 1 aromatic carbocycles. The number of aromatic nitrogens is 3. The highest BCUT2D eigenvalue weighted by atomic mass is 16.2. The molecule has 2 N–H and O–H groups in total. The highest BCUT2D eigenvalue weighted by Gasteiger charge is 2.29. The average Bonchev–Trinajstić information content (AvgIpc) is 3.10. The van der Waals surface area contributed by atoms with Crippen LogP contribution >= 0.6 is 0 Å². The van der Waals surface area contributed by atoms with E-state index >= 15 is 0 Å². The summed E-state index contributed by atoms with van der Waals surface area (Å²) in [7, 11) is 0. The summed E-state index contributed by atoms with van der Waals surface area (Å²) in [5, 5.41) is 10.3. The second-order valence-electron chi connectivity index (χ2n) is 5.48. The number of carbonyl (C=O) groups is 1. The van der Waals surface area contributed by atoms with Gasteiger partial charge in [-0.15, -0.1) is 0 Å². The highest BCUT2D eigenvalue weighted by molar-refractivity contribution is 5.95. The molecular weight excluding hydrogens is 266 g/mol. The van der Waals surface area contributed by atoms with E-state index in [4.69, 9.17) is 0 Å². The number of nitrogens with zero attached hydrogens (tertiary/aromatic N) is 3. The lowest BCUT2D eigenvalue weighted by Crippen LogP contribution is -2.39. The van der Waals surface area contributed by atoms with Gasteiger partial charge in [-0.25, -0.2) is 9.67 Å². The zero-order valence-corrected chi connectivity index (χ0v) is 12.0. The number of rotatable bonds is 4. The minimum atomic E-state index is -0.0935. The highest BCUT2D eigenvalue weighted by Crippen LogP contribution is 2.17. The van der Waals surface area contributed by atoms with Crippen LogP contribution in [0.5, 0.6) is 0 Å². The molecule has 110 valence electrons. The Kier molecular flexibility index (Phi) is 3.96. The minimum absolute atomic E-state index is 0.0397. The fourth-order valence-corrected chi connectivity index (χ4v) is 2.65. The Morgan fingerprint density at radius 3 is 3.14 bits per heavy atom. The number of carbonyl (C=O) groups excluding carboxylic acids is 1. The van der Waals surface area contributed by atoms with Crippen LogP contribution in [0.4, 0.5) is 5.69 Å². The van der Waals surface area contributed by atoms with E-state index in [0.717, 1.165) is 24.2 Å². The Bertz CT molecular complexity index is 610. The van der Waals surface area contributed by atoms with Crippen LogP contribution in [0, 0.1) is 5.92 Å². The largest absolute Gasteiger partial charge is 0.325 e. The van der Waals surface area contributed by atoms with Crippen molar-refractivity contribution in [2.24, 2.45) is 5.92 Å². The normalized spacial score (nSPS) is 21.4. The molecule has 2 heterocycles. The van der Waals surface area contributed by atoms with Crippen LogP contribution in [0.15, 0.2) is 36.9 Å². The zero-order valence-electron chi connectivity index (χ0n) is 12.0. The van der Waals surface area contributed by atoms with Crippen LogP contribution in [0.3, 0.4) is 0 Å². The number of amides is 1. The van der Waals surface area contributed by atoms with Gasteiger partial charge in [0.2, 0.25) is 5.91 Å². The fraction of sp³-hybridized carbons (Fsp3) is 0.400. The van der Waals surface area contributed by atoms with Crippen LogP contribution in [-0.4, -0.2) is 33.3 Å². The van der Waals surface area contributed by atoms with E-state index in [1.54, 1.807) is 11.0 Å². The predicted octanol–water partition coefficient (Wildman–Crippen LogP) is 1.26. The van der Waals surface area contributed by atoms with Crippen LogP contribution in [0.2, 0.25) is 0 Å². The maximum Gasteiger partial charge on any atom is 0.241 e. The molecule has 2 atom stereocenters. The topological polar surface area (TPSA) is 71.8 Å². The first-order chi connectivity index (χ1) is 10.2. The number of benzene rings is 1. The van der Waals surface area contributed by atoms with Crippen LogP contribution in [0.25, 0.3) is 0 Å². The van der Waals surface area contributed by atoms with Crippen molar-refractivity contribution in [1.82, 2.24) is 20.1 Å². The summed E-state index contributed by atoms with van der Waals surface area (Å²) >= 11 is 0. The summed E-state index contributed by atoms with van der Waals surface area (Å²) in [6.07, 6.45) is 4.23. The third-order valence-corrected chi connectivity index (χ3v) is 3.82. The lowest BCUT2D eigenvalue weighted by molar-refractivity contribution is -0.118. The van der Waals surface area contributed by atoms with E-state index in [-0.39, 0.29) is 11.9 Å². The Morgan fingerprint density at radius 2 is 2.43 bits per heavy atom. The molecule has 1 fully saturated rings. The van der Waals surface area contributed by atoms with Crippen molar-refractivity contribution in [2.75, 3.05) is 11.9 Å². The third-order valence-electron chi connectivity index (χ3n) is 3.82. The SMILES string of the molecule is CC1CCNC1C(=O)Nc1cccc(Cn2cncn2)c1. The molecule has 1 aliphatic rings. The maximum absolute atomic E-state index is 12.3. The molecule has 0 bridgehead atoms. The van der Waals surface area contributed by atoms with Gasteiger partial charge < -0.3 is 10.6 Å². The van der Waals surface area contributed by atoms with Crippen LogP contribution < -0.4 is 10.6 Å². The zero-order chi connectivity index (χ0) is 14.7. The summed E-state index contributed by atoms with van der Waals surface area (Å²) in [4.78, 5) is 16.2. The molecule has 0 saturated carbocycles. The van der Waals surface area contributed by atoms with Gasteiger partial charge in [-0.2, -0.15) is 5.10 Å². The van der Waals surface area contributed by atoms with E-state index in [1.807, 2.05) is 24.3 Å². The molecule has 1 saturated heterocycles. The molecule has 6 heteroatoms. The summed E-state index contributed by atoms with van der Waals surface area (Å²) < 4.78 is 1.75. The summed E-state index contributed by atoms with van der Waals surface area (Å²) in [5.41, 5.74) is 1.89. The van der Waals surface area contributed by atoms with Crippen LogP contribution in [0.1, 0.15) is 18.9 Å². The minimum Gasteiger partial charge on any atom is -0.325 e. The van der Waals surface area contributed by atoms with Gasteiger partial charge in [0, 0.05) is 5.69 Å². The second-order valence-corrected chi connectivity index (χ2v) is 5.48. The van der Waals surface area contributed by atoms with Crippen molar-refractivity contribution in [1.29, 1.82) is 0 Å². The average molecular weight is 285 g/mol. The molecule has 2 aromatic rings. The first kappa shape index (κ1) is 13.8. The molecule has 21 heavy (non-hydrogen) atoms. The first-order valence-electron chi connectivity index (χ1n) is 7.18. The van der Waals surface area contributed by atoms with Gasteiger partial charge in [0.05, 0.1) is 12.6 Å². The molecule has 1 aliphatic heterocycles. The van der Waals surface area contributed by atoms with Gasteiger partial charge in [0.1, 0.15) is 12.7 Å². The van der Waals surface area contributed by atoms with Gasteiger partial charge >= 0.3 is 0 Å². The summed E-state index contributed by atoms with van der Waals surface area (Å²) in [5.74, 6) is 0.418. The number of nitrogens with one attached hydrogen (secondary N) is 2. The Morgan fingerprint density at radius 1 is 1.52 bits per heavy atom. The fourth-order valence-electron chi connectivity index (χ4n) is 2.65. The molecular formula is C15H19N5O. The lowest BCUT2D eigenvalue weighted by Gasteiger charge is -2.15. The van der Waals surface area contributed by atoms with Crippen molar-refractivity contribution in [3.05, 3.63) is 42.5 Å². The molecule has 0 radical (unpaired) electrons. The monoisotopic (exact) mass is 285 g/mol. The predicted molar refractivity (Wildman–Crippen MR) is 79.8 cm³/mol. The second kappa shape index (κ2) is 6.05. The molecule has 0 spiro atoms. The number of hydrogen-bond donors (Lipinski definition) is 2. The van der Waals surface area contributed by atoms with E-state index < -0.39 is 0 Å². The van der Waals surface area contributed by atoms with Gasteiger partial charge in [-0.3, -0.25) is 4.79 Å². The molecule has 6 nitrogen and oxygen atoms in total. The van der Waals surface area contributed by atoms with E-state index in [9.17, 15) is 4.79 Å². The van der Waals surface area contributed by atoms with Crippen molar-refractivity contribution in [3.63, 3.8) is 0 Å². The number of anilines is 1. The molecule has 1 amide bonds. The Hall–Kier alpha value is -2.21. The van der Waals surface area contributed by atoms with Gasteiger partial charge in [-0.1, -0.05) is 19.1 Å². The number of hydrogen-bond acceptors (Lipinski definition) is 4. The Labute approximate surface area is 123 Å². The molecule has 0 aliphatic carbocycles. The quantitative estimate of drug-likeness (QED) is 0.887. The lowest BCUT2D eigenvalue weighted by atomic mass is 10.0. The van der Waals surface area contributed by atoms with E-state index in [1.165, 1.54) is 6.33 Å².